The van der Waals surface area contributed by atoms with Gasteiger partial charge >= 0.3 is 6.09 Å². The molecule has 1 aliphatic heterocycles. The lowest BCUT2D eigenvalue weighted by molar-refractivity contribution is 0.0501. The number of nitrogen functional groups attached to an aromatic ring is 1. The van der Waals surface area contributed by atoms with Crippen LogP contribution in [-0.4, -0.2) is 29.4 Å². The Morgan fingerprint density at radius 1 is 1.06 bits per heavy atom. The van der Waals surface area contributed by atoms with Crippen molar-refractivity contribution in [2.24, 2.45) is 10.9 Å². The van der Waals surface area contributed by atoms with Crippen LogP contribution in [0, 0.1) is 5.92 Å². The van der Waals surface area contributed by atoms with Crippen molar-refractivity contribution in [2.45, 2.75) is 106 Å². The summed E-state index contributed by atoms with van der Waals surface area (Å²) in [5.41, 5.74) is 20.6. The fourth-order valence-electron chi connectivity index (χ4n) is 5.51. The van der Waals surface area contributed by atoms with Crippen LogP contribution < -0.4 is 16.4 Å². The third-order valence-electron chi connectivity index (χ3n) is 8.33. The summed E-state index contributed by atoms with van der Waals surface area (Å²) in [5.74, 6) is 0.253. The summed E-state index contributed by atoms with van der Waals surface area (Å²) in [6.07, 6.45) is 18.1. The zero-order chi connectivity index (χ0) is 39.0. The molecule has 7 heteroatoms. The zero-order valence-corrected chi connectivity index (χ0v) is 33.1. The van der Waals surface area contributed by atoms with Crippen molar-refractivity contribution in [3.8, 4) is 0 Å². The minimum Gasteiger partial charge on any atom is -0.444 e. The predicted octanol–water partition coefficient (Wildman–Crippen LogP) is 11.2. The highest BCUT2D eigenvalue weighted by Gasteiger charge is 2.19. The van der Waals surface area contributed by atoms with E-state index >= 15 is 0 Å². The first-order valence-electron chi connectivity index (χ1n) is 18.6. The Balaban J connectivity index is 1.91. The highest BCUT2D eigenvalue weighted by molar-refractivity contribution is 6.13. The van der Waals surface area contributed by atoms with Crippen LogP contribution in [0.3, 0.4) is 0 Å². The molecule has 0 aromatic heterocycles. The Morgan fingerprint density at radius 2 is 1.79 bits per heavy atom. The van der Waals surface area contributed by atoms with Crippen molar-refractivity contribution in [1.82, 2.24) is 5.32 Å². The van der Waals surface area contributed by atoms with E-state index in [4.69, 9.17) is 15.5 Å². The number of nitrogens with two attached hydrogens (primary N) is 1. The van der Waals surface area contributed by atoms with Crippen LogP contribution in [0.2, 0.25) is 0 Å². The number of carbonyl (C=O) groups excluding carboxylic acids is 2. The van der Waals surface area contributed by atoms with E-state index in [1.807, 2.05) is 63.3 Å². The second-order valence-electron chi connectivity index (χ2n) is 14.7. The zero-order valence-electron chi connectivity index (χ0n) is 33.1. The lowest BCUT2D eigenvalue weighted by Crippen LogP contribution is -2.38. The molecule has 53 heavy (non-hydrogen) atoms. The molecule has 3 rings (SSSR count). The minimum absolute atomic E-state index is 0.0579. The quantitative estimate of drug-likeness (QED) is 0.0970. The van der Waals surface area contributed by atoms with E-state index in [1.165, 1.54) is 0 Å². The number of nitrogens with zero attached hydrogens (tertiary/aromatic N) is 1. The lowest BCUT2D eigenvalue weighted by Gasteiger charge is -2.23. The molecule has 0 spiro atoms. The highest BCUT2D eigenvalue weighted by Crippen LogP contribution is 2.26. The number of alkyl carbamates (subject to hydrolysis) is 1. The molecule has 2 aromatic carbocycles. The fourth-order valence-corrected chi connectivity index (χ4v) is 5.51. The molecular formula is C46H58N4O3. The van der Waals surface area contributed by atoms with E-state index in [0.717, 1.165) is 52.8 Å². The number of anilines is 2. The number of aliphatic imine (C=N–C) groups is 1. The number of hydrogen-bond donors (Lipinski definition) is 3. The lowest BCUT2D eigenvalue weighted by atomic mass is 9.93. The molecule has 0 aliphatic carbocycles. The molecule has 1 atom stereocenters. The number of carbonyl (C=O) groups is 2. The number of rotatable bonds is 15. The molecule has 0 saturated heterocycles. The molecule has 4 N–H and O–H groups in total. The summed E-state index contributed by atoms with van der Waals surface area (Å²) in [4.78, 5) is 30.5. The van der Waals surface area contributed by atoms with Crippen molar-refractivity contribution < 1.29 is 14.3 Å². The molecule has 7 nitrogen and oxygen atoms in total. The minimum atomic E-state index is -0.562. The summed E-state index contributed by atoms with van der Waals surface area (Å²) in [5, 5.41) is 6.04. The van der Waals surface area contributed by atoms with Gasteiger partial charge in [-0.2, -0.15) is 0 Å². The fraction of sp³-hybridized carbons (Fsp3) is 0.370. The van der Waals surface area contributed by atoms with Crippen LogP contribution in [-0.2, 0) is 11.2 Å². The van der Waals surface area contributed by atoms with Gasteiger partial charge < -0.3 is 21.1 Å². The van der Waals surface area contributed by atoms with Crippen LogP contribution in [0.25, 0.3) is 0 Å². The third-order valence-corrected chi connectivity index (χ3v) is 8.33. The van der Waals surface area contributed by atoms with Crippen molar-refractivity contribution in [2.75, 3.05) is 11.1 Å². The first-order chi connectivity index (χ1) is 25.1. The molecular weight excluding hydrogens is 657 g/mol. The molecule has 0 radical (unpaired) electrons. The van der Waals surface area contributed by atoms with Gasteiger partial charge in [-0.15, -0.1) is 5.73 Å². The Hall–Kier alpha value is -5.35. The third kappa shape index (κ3) is 15.0. The van der Waals surface area contributed by atoms with Gasteiger partial charge in [-0.3, -0.25) is 4.79 Å². The van der Waals surface area contributed by atoms with Gasteiger partial charge in [-0.25, -0.2) is 9.79 Å². The summed E-state index contributed by atoms with van der Waals surface area (Å²) in [7, 11) is 0. The van der Waals surface area contributed by atoms with E-state index in [9.17, 15) is 9.59 Å². The first kappa shape index (κ1) is 42.1. The van der Waals surface area contributed by atoms with Gasteiger partial charge in [-0.1, -0.05) is 75.8 Å². The number of benzene rings is 2. The van der Waals surface area contributed by atoms with E-state index in [2.05, 4.69) is 87.9 Å². The summed E-state index contributed by atoms with van der Waals surface area (Å²) in [6, 6.07) is 14.6. The van der Waals surface area contributed by atoms with E-state index in [0.29, 0.717) is 41.4 Å². The van der Waals surface area contributed by atoms with Crippen LogP contribution in [0.5, 0.6) is 0 Å². The Morgan fingerprint density at radius 3 is 2.47 bits per heavy atom. The number of hydrogen-bond acceptors (Lipinski definition) is 5. The molecule has 0 fully saturated rings. The van der Waals surface area contributed by atoms with Gasteiger partial charge in [0.15, 0.2) is 0 Å². The van der Waals surface area contributed by atoms with E-state index < -0.39 is 11.7 Å². The predicted molar refractivity (Wildman–Crippen MR) is 222 cm³/mol. The van der Waals surface area contributed by atoms with Gasteiger partial charge in [0.25, 0.3) is 5.91 Å². The standard InChI is InChI=1S/C46H58N4O3/c1-10-11-21-39(50-45(52)53-46(7,8)9)22-16-24-40-30-34(5)35(6)43(33(4)18-13-12-17-32(2)3)42(48-40)25-15-20-36-19-14-23-41(31-36)49-44(51)37-26-28-38(47)29-27-37/h12-17,19,23-29,31-32,39H,10-11,20-22,47H2,1-9H3,(H,49,51)(H,50,52)/b17-12+,24-16+,25-15+. The van der Waals surface area contributed by atoms with Crippen molar-refractivity contribution >= 4 is 29.1 Å². The molecule has 0 saturated carbocycles. The van der Waals surface area contributed by atoms with Gasteiger partial charge in [0.1, 0.15) is 11.3 Å². The molecule has 2 amide bonds. The second kappa shape index (κ2) is 20.6. The maximum Gasteiger partial charge on any atom is 0.407 e. The van der Waals surface area contributed by atoms with Crippen LogP contribution >= 0.6 is 0 Å². The maximum absolute atomic E-state index is 12.8. The molecule has 1 aliphatic rings. The van der Waals surface area contributed by atoms with Gasteiger partial charge in [0.2, 0.25) is 0 Å². The maximum atomic E-state index is 12.8. The molecule has 1 unspecified atom stereocenters. The number of ether oxygens (including phenoxy) is 1. The Labute approximate surface area is 317 Å². The number of unbranched alkanes of at least 4 members (excludes halogenated alkanes) is 1. The normalized spacial score (nSPS) is 14.1. The monoisotopic (exact) mass is 714 g/mol. The molecule has 280 valence electrons. The van der Waals surface area contributed by atoms with E-state index in [1.54, 1.807) is 24.3 Å². The second-order valence-corrected chi connectivity index (χ2v) is 14.7. The number of amides is 2. The van der Waals surface area contributed by atoms with Crippen molar-refractivity contribution in [3.05, 3.63) is 142 Å². The van der Waals surface area contributed by atoms with E-state index in [-0.39, 0.29) is 11.9 Å². The van der Waals surface area contributed by atoms with Gasteiger partial charge in [0.05, 0.1) is 5.71 Å². The summed E-state index contributed by atoms with van der Waals surface area (Å²) in [6.45, 7) is 18.2. The Bertz CT molecular complexity index is 1880. The highest BCUT2D eigenvalue weighted by atomic mass is 16.6. The topological polar surface area (TPSA) is 106 Å². The number of allylic oxidation sites excluding steroid dienone is 8. The van der Waals surface area contributed by atoms with Gasteiger partial charge in [-0.05, 0) is 138 Å². The smallest absolute Gasteiger partial charge is 0.407 e. The van der Waals surface area contributed by atoms with Crippen molar-refractivity contribution in [3.63, 3.8) is 0 Å². The number of nitrogens with one attached hydrogen (secondary N) is 2. The van der Waals surface area contributed by atoms with Crippen LogP contribution in [0.1, 0.15) is 104 Å². The van der Waals surface area contributed by atoms with Gasteiger partial charge in [0, 0.05) is 34.1 Å². The van der Waals surface area contributed by atoms with Crippen LogP contribution in [0.15, 0.2) is 136 Å². The molecule has 2 aromatic rings. The Kier molecular flexibility index (Phi) is 16.4. The average molecular weight is 715 g/mol. The summed E-state index contributed by atoms with van der Waals surface area (Å²) >= 11 is 0. The summed E-state index contributed by atoms with van der Waals surface area (Å²) < 4.78 is 5.53. The first-order valence-corrected chi connectivity index (χ1v) is 18.6. The largest absolute Gasteiger partial charge is 0.444 e. The van der Waals surface area contributed by atoms with Crippen LogP contribution in [0.4, 0.5) is 16.2 Å². The molecule has 1 heterocycles. The van der Waals surface area contributed by atoms with Crippen molar-refractivity contribution in [1.29, 1.82) is 0 Å². The average Bonchev–Trinajstić information content (AvgIpc) is 3.19. The SMILES string of the molecule is CCCCC(C/C=C/C1=C=C(C)C(C)=C(C(C)=C=C/C=C/C(C)C)C(/C=C/Cc2cccc(NC(=O)c3ccc(N)cc3)c2)=N1)NC(=O)OC(C)(C)C. The molecule has 0 bridgehead atoms.